The van der Waals surface area contributed by atoms with E-state index in [0.29, 0.717) is 19.3 Å². The molecule has 0 N–H and O–H groups in total. The van der Waals surface area contributed by atoms with Gasteiger partial charge in [-0.2, -0.15) is 0 Å². The molecular formula is C76H124O6. The van der Waals surface area contributed by atoms with Gasteiger partial charge < -0.3 is 14.2 Å². The Balaban J connectivity index is 4.32. The van der Waals surface area contributed by atoms with E-state index in [1.54, 1.807) is 0 Å². The van der Waals surface area contributed by atoms with E-state index in [9.17, 15) is 14.4 Å². The normalized spacial score (nSPS) is 13.1. The van der Waals surface area contributed by atoms with E-state index < -0.39 is 6.10 Å². The molecule has 0 aromatic heterocycles. The van der Waals surface area contributed by atoms with Gasteiger partial charge in [0.1, 0.15) is 13.2 Å². The summed E-state index contributed by atoms with van der Waals surface area (Å²) in [5, 5.41) is 0. The van der Waals surface area contributed by atoms with Crippen molar-refractivity contribution in [2.75, 3.05) is 13.2 Å². The number of allylic oxidation sites excluding steroid dienone is 24. The van der Waals surface area contributed by atoms with Crippen molar-refractivity contribution in [1.82, 2.24) is 0 Å². The lowest BCUT2D eigenvalue weighted by molar-refractivity contribution is -0.167. The van der Waals surface area contributed by atoms with E-state index in [4.69, 9.17) is 14.2 Å². The Hall–Kier alpha value is -4.71. The Morgan fingerprint density at radius 2 is 0.476 bits per heavy atom. The first-order valence-corrected chi connectivity index (χ1v) is 33.8. The number of carbonyl (C=O) groups excluding carboxylic acids is 3. The average molecular weight is 1130 g/mol. The summed E-state index contributed by atoms with van der Waals surface area (Å²) in [6.07, 6.45) is 98.7. The monoisotopic (exact) mass is 1130 g/mol. The van der Waals surface area contributed by atoms with Gasteiger partial charge in [-0.15, -0.1) is 0 Å². The highest BCUT2D eigenvalue weighted by Gasteiger charge is 2.19. The average Bonchev–Trinajstić information content (AvgIpc) is 3.47. The van der Waals surface area contributed by atoms with Crippen LogP contribution in [0.15, 0.2) is 146 Å². The summed E-state index contributed by atoms with van der Waals surface area (Å²) in [5.74, 6) is -0.936. The molecule has 0 bridgehead atoms. The van der Waals surface area contributed by atoms with Gasteiger partial charge in [-0.3, -0.25) is 14.4 Å². The van der Waals surface area contributed by atoms with Gasteiger partial charge in [0.25, 0.3) is 0 Å². The quantitative estimate of drug-likeness (QED) is 0.0261. The summed E-state index contributed by atoms with van der Waals surface area (Å²) in [5.41, 5.74) is 0. The summed E-state index contributed by atoms with van der Waals surface area (Å²) in [6.45, 7) is 6.38. The number of unbranched alkanes of at least 4 members (excludes halogenated alkanes) is 25. The van der Waals surface area contributed by atoms with Crippen LogP contribution in [-0.2, 0) is 28.6 Å². The van der Waals surface area contributed by atoms with Crippen LogP contribution in [0.25, 0.3) is 0 Å². The maximum atomic E-state index is 12.9. The number of rotatable bonds is 60. The maximum Gasteiger partial charge on any atom is 0.306 e. The Kier molecular flexibility index (Phi) is 64.8. The Bertz CT molecular complexity index is 1780. The first-order chi connectivity index (χ1) is 40.5. The second-order valence-electron chi connectivity index (χ2n) is 22.0. The van der Waals surface area contributed by atoms with Gasteiger partial charge in [0.05, 0.1) is 0 Å². The lowest BCUT2D eigenvalue weighted by Crippen LogP contribution is -2.30. The van der Waals surface area contributed by atoms with Crippen LogP contribution in [-0.4, -0.2) is 37.2 Å². The molecule has 0 fully saturated rings. The van der Waals surface area contributed by atoms with E-state index in [1.165, 1.54) is 116 Å². The lowest BCUT2D eigenvalue weighted by atomic mass is 10.1. The van der Waals surface area contributed by atoms with Crippen LogP contribution in [0.4, 0.5) is 0 Å². The Morgan fingerprint density at radius 3 is 0.768 bits per heavy atom. The van der Waals surface area contributed by atoms with Crippen molar-refractivity contribution in [2.45, 2.75) is 303 Å². The van der Waals surface area contributed by atoms with E-state index in [2.05, 4.69) is 167 Å². The maximum absolute atomic E-state index is 12.9. The smallest absolute Gasteiger partial charge is 0.306 e. The minimum atomic E-state index is -0.802. The van der Waals surface area contributed by atoms with Crippen molar-refractivity contribution in [3.05, 3.63) is 146 Å². The number of hydrogen-bond acceptors (Lipinski definition) is 6. The SMILES string of the molecule is CC/C=C\C/C=C\C/C=C\C/C=C\C/C=C\C/C=C\C/C=C\C/C=C\CCCCCCCCCCC(=O)OCC(COC(=O)CCCCC/C=C\C/C=C\C/C=C\CC)OC(=O)CCCCCCCCC/C=C\CCCCCCCCC. The highest BCUT2D eigenvalue weighted by atomic mass is 16.6. The van der Waals surface area contributed by atoms with Gasteiger partial charge in [0.15, 0.2) is 6.10 Å². The second kappa shape index (κ2) is 68.8. The molecule has 464 valence electrons. The molecule has 0 heterocycles. The summed E-state index contributed by atoms with van der Waals surface area (Å²) in [6, 6.07) is 0. The molecule has 0 saturated carbocycles. The zero-order chi connectivity index (χ0) is 59.2. The number of ether oxygens (including phenoxy) is 3. The van der Waals surface area contributed by atoms with Gasteiger partial charge in [0.2, 0.25) is 0 Å². The van der Waals surface area contributed by atoms with Crippen molar-refractivity contribution < 1.29 is 28.6 Å². The minimum Gasteiger partial charge on any atom is -0.462 e. The molecule has 0 radical (unpaired) electrons. The van der Waals surface area contributed by atoms with E-state index in [0.717, 1.165) is 141 Å². The largest absolute Gasteiger partial charge is 0.462 e. The molecule has 0 rings (SSSR count). The number of carbonyl (C=O) groups is 3. The predicted octanol–water partition coefficient (Wildman–Crippen LogP) is 23.5. The third-order valence-corrected chi connectivity index (χ3v) is 14.1. The summed E-state index contributed by atoms with van der Waals surface area (Å²) in [4.78, 5) is 38.3. The molecule has 0 spiro atoms. The standard InChI is InChI=1S/C76H124O6/c1-4-7-10-13-16-19-22-25-27-29-31-32-33-34-35-36-37-38-39-40-41-42-43-44-45-47-48-51-54-57-60-63-66-69-75(78)81-72-73(71-80-74(77)68-65-62-59-56-53-50-24-21-18-15-12-9-6-3)82-76(79)70-67-64-61-58-55-52-49-46-30-28-26-23-20-17-14-11-8-5-2/h7,9-10,12,16,18-19,21,25,27-28,30-32,34-35,37-38,40-41,43-44,50,53,73H,4-6,8,11,13-15,17,20,22-24,26,29,33,36,39,42,45-49,51-52,54-72H2,1-3H3/b10-7-,12-9-,19-16-,21-18-,27-25-,30-28-,32-31-,35-34-,38-37-,41-40-,44-43-,53-50-. The minimum absolute atomic E-state index is 0.0971. The molecule has 0 aromatic carbocycles. The van der Waals surface area contributed by atoms with Gasteiger partial charge >= 0.3 is 17.9 Å². The van der Waals surface area contributed by atoms with Gasteiger partial charge in [-0.1, -0.05) is 282 Å². The molecule has 6 heteroatoms. The summed E-state index contributed by atoms with van der Waals surface area (Å²) >= 11 is 0. The lowest BCUT2D eigenvalue weighted by Gasteiger charge is -2.18. The van der Waals surface area contributed by atoms with Gasteiger partial charge in [-0.25, -0.2) is 0 Å². The fourth-order valence-corrected chi connectivity index (χ4v) is 9.06. The van der Waals surface area contributed by atoms with Crippen molar-refractivity contribution in [3.8, 4) is 0 Å². The fourth-order valence-electron chi connectivity index (χ4n) is 9.06. The Labute approximate surface area is 506 Å². The fraction of sp³-hybridized carbons (Fsp3) is 0.645. The van der Waals surface area contributed by atoms with Crippen LogP contribution in [0.2, 0.25) is 0 Å². The molecule has 0 amide bonds. The first-order valence-electron chi connectivity index (χ1n) is 33.8. The van der Waals surface area contributed by atoms with E-state index >= 15 is 0 Å². The van der Waals surface area contributed by atoms with Crippen molar-refractivity contribution >= 4 is 17.9 Å². The van der Waals surface area contributed by atoms with Crippen molar-refractivity contribution in [2.24, 2.45) is 0 Å². The highest BCUT2D eigenvalue weighted by molar-refractivity contribution is 5.71. The van der Waals surface area contributed by atoms with Crippen LogP contribution < -0.4 is 0 Å². The molecule has 0 aliphatic rings. The first kappa shape index (κ1) is 77.3. The summed E-state index contributed by atoms with van der Waals surface area (Å²) in [7, 11) is 0. The molecule has 0 saturated heterocycles. The predicted molar refractivity (Wildman–Crippen MR) is 357 cm³/mol. The molecule has 1 unspecified atom stereocenters. The Morgan fingerprint density at radius 1 is 0.256 bits per heavy atom. The zero-order valence-corrected chi connectivity index (χ0v) is 53.2. The molecule has 0 aromatic rings. The third-order valence-electron chi connectivity index (χ3n) is 14.1. The molecule has 1 atom stereocenters. The highest BCUT2D eigenvalue weighted by Crippen LogP contribution is 2.15. The van der Waals surface area contributed by atoms with Crippen molar-refractivity contribution in [1.29, 1.82) is 0 Å². The zero-order valence-electron chi connectivity index (χ0n) is 53.2. The van der Waals surface area contributed by atoms with Crippen LogP contribution in [0.5, 0.6) is 0 Å². The van der Waals surface area contributed by atoms with Crippen LogP contribution >= 0.6 is 0 Å². The van der Waals surface area contributed by atoms with Gasteiger partial charge in [-0.05, 0) is 141 Å². The molecule has 82 heavy (non-hydrogen) atoms. The molecule has 0 aliphatic carbocycles. The molecule has 6 nitrogen and oxygen atoms in total. The second-order valence-corrected chi connectivity index (χ2v) is 22.0. The van der Waals surface area contributed by atoms with E-state index in [-0.39, 0.29) is 31.1 Å². The van der Waals surface area contributed by atoms with Crippen molar-refractivity contribution in [3.63, 3.8) is 0 Å². The molecule has 0 aliphatic heterocycles. The van der Waals surface area contributed by atoms with Crippen LogP contribution in [0, 0.1) is 0 Å². The molecular weight excluding hydrogens is 1010 g/mol. The van der Waals surface area contributed by atoms with Crippen LogP contribution in [0.3, 0.4) is 0 Å². The van der Waals surface area contributed by atoms with Crippen LogP contribution in [0.1, 0.15) is 297 Å². The number of esters is 3. The van der Waals surface area contributed by atoms with Gasteiger partial charge in [0, 0.05) is 19.3 Å². The topological polar surface area (TPSA) is 78.9 Å². The van der Waals surface area contributed by atoms with E-state index in [1.807, 2.05) is 0 Å². The summed E-state index contributed by atoms with van der Waals surface area (Å²) < 4.78 is 16.9. The number of hydrogen-bond donors (Lipinski definition) is 0. The third kappa shape index (κ3) is 66.1.